The third-order valence-corrected chi connectivity index (χ3v) is 9.46. The Balaban J connectivity index is 1.44. The van der Waals surface area contributed by atoms with E-state index in [2.05, 4.69) is 62.5 Å². The zero-order valence-corrected chi connectivity index (χ0v) is 28.3. The van der Waals surface area contributed by atoms with E-state index in [9.17, 15) is 23.4 Å². The van der Waals surface area contributed by atoms with Gasteiger partial charge >= 0.3 is 6.18 Å². The van der Waals surface area contributed by atoms with Gasteiger partial charge in [0.2, 0.25) is 0 Å². The van der Waals surface area contributed by atoms with Gasteiger partial charge in [-0.1, -0.05) is 75.4 Å². The Kier molecular flexibility index (Phi) is 14.2. The first-order valence-corrected chi connectivity index (χ1v) is 17.3. The first kappa shape index (κ1) is 37.3. The van der Waals surface area contributed by atoms with Gasteiger partial charge in [0.05, 0.1) is 26.4 Å². The van der Waals surface area contributed by atoms with Gasteiger partial charge in [-0.05, 0) is 107 Å². The van der Waals surface area contributed by atoms with Crippen LogP contribution in [0.5, 0.6) is 11.5 Å². The Hall–Kier alpha value is -3.55. The van der Waals surface area contributed by atoms with Crippen molar-refractivity contribution < 1.29 is 32.9 Å². The lowest BCUT2D eigenvalue weighted by atomic mass is 9.77. The van der Waals surface area contributed by atoms with Crippen molar-refractivity contribution in [2.75, 3.05) is 26.4 Å². The fourth-order valence-electron chi connectivity index (χ4n) is 6.52. The molecule has 7 heteroatoms. The van der Waals surface area contributed by atoms with E-state index in [1.54, 1.807) is 0 Å². The summed E-state index contributed by atoms with van der Waals surface area (Å²) in [6, 6.07) is 21.3. The standard InChI is InChI=1S/C41H51F3O4/c1-4-32-23-36(35-14-12-34(13-15-35)33-10-8-31(9-11-33)7-5-6-20-41(42,43)44)16-17-40(32)37-24-38(47-21-18-29(2)27-45)26-39(25-37)48-22-19-30(3)28-46/h12-17,23-26,31,33,45-46H,2-11,18-22,27-28H2,1H3. The molecule has 3 aromatic rings. The number of rotatable bonds is 18. The van der Waals surface area contributed by atoms with Crippen molar-refractivity contribution in [2.24, 2.45) is 5.92 Å². The Bertz CT molecular complexity index is 1430. The maximum Gasteiger partial charge on any atom is 0.389 e. The molecule has 1 aliphatic carbocycles. The van der Waals surface area contributed by atoms with Gasteiger partial charge < -0.3 is 19.7 Å². The third-order valence-electron chi connectivity index (χ3n) is 9.46. The summed E-state index contributed by atoms with van der Waals surface area (Å²) in [6.07, 6.45) is 3.44. The molecule has 0 aromatic heterocycles. The SMILES string of the molecule is C=C(CO)CCOc1cc(OCCC(=C)CO)cc(-c2ccc(-c3ccc(C4CCC(CCCCC(F)(F)F)CC4)cc3)cc2CC)c1. The summed E-state index contributed by atoms with van der Waals surface area (Å²) in [7, 11) is 0. The molecule has 0 heterocycles. The van der Waals surface area contributed by atoms with Crippen LogP contribution in [0.2, 0.25) is 0 Å². The van der Waals surface area contributed by atoms with E-state index in [-0.39, 0.29) is 19.6 Å². The van der Waals surface area contributed by atoms with Crippen LogP contribution in [0.1, 0.15) is 88.2 Å². The van der Waals surface area contributed by atoms with Gasteiger partial charge in [-0.25, -0.2) is 0 Å². The highest BCUT2D eigenvalue weighted by Gasteiger charge is 2.27. The summed E-state index contributed by atoms with van der Waals surface area (Å²) < 4.78 is 49.4. The summed E-state index contributed by atoms with van der Waals surface area (Å²) >= 11 is 0. The average Bonchev–Trinajstić information content (AvgIpc) is 3.09. The largest absolute Gasteiger partial charge is 0.493 e. The number of unbranched alkanes of at least 4 members (excludes halogenated alkanes) is 1. The van der Waals surface area contributed by atoms with Crippen molar-refractivity contribution >= 4 is 0 Å². The topological polar surface area (TPSA) is 58.9 Å². The van der Waals surface area contributed by atoms with Crippen LogP contribution in [-0.4, -0.2) is 42.8 Å². The molecular weight excluding hydrogens is 613 g/mol. The molecule has 0 saturated heterocycles. The van der Waals surface area contributed by atoms with E-state index in [4.69, 9.17) is 9.47 Å². The molecule has 3 aromatic carbocycles. The number of hydrogen-bond donors (Lipinski definition) is 2. The molecule has 1 aliphatic rings. The monoisotopic (exact) mass is 664 g/mol. The molecule has 0 atom stereocenters. The number of aryl methyl sites for hydroxylation is 1. The van der Waals surface area contributed by atoms with Crippen molar-refractivity contribution in [1.82, 2.24) is 0 Å². The summed E-state index contributed by atoms with van der Waals surface area (Å²) in [5.41, 5.74) is 8.37. The van der Waals surface area contributed by atoms with Crippen LogP contribution in [0.3, 0.4) is 0 Å². The van der Waals surface area contributed by atoms with Crippen LogP contribution in [0.25, 0.3) is 22.3 Å². The van der Waals surface area contributed by atoms with Gasteiger partial charge in [-0.3, -0.25) is 0 Å². The van der Waals surface area contributed by atoms with Crippen molar-refractivity contribution in [3.63, 3.8) is 0 Å². The maximum absolute atomic E-state index is 12.4. The minimum absolute atomic E-state index is 0.0677. The van der Waals surface area contributed by atoms with Crippen LogP contribution >= 0.6 is 0 Å². The second kappa shape index (κ2) is 18.3. The molecule has 0 spiro atoms. The maximum atomic E-state index is 12.4. The molecule has 4 nitrogen and oxygen atoms in total. The molecule has 0 unspecified atom stereocenters. The van der Waals surface area contributed by atoms with E-state index in [0.717, 1.165) is 60.8 Å². The molecule has 0 amide bonds. The molecular formula is C41H51F3O4. The number of hydrogen-bond acceptors (Lipinski definition) is 4. The predicted molar refractivity (Wildman–Crippen MR) is 189 cm³/mol. The van der Waals surface area contributed by atoms with Gasteiger partial charge in [0.1, 0.15) is 11.5 Å². The number of halogens is 3. The van der Waals surface area contributed by atoms with Crippen molar-refractivity contribution in [1.29, 1.82) is 0 Å². The molecule has 1 saturated carbocycles. The van der Waals surface area contributed by atoms with Gasteiger partial charge in [0.15, 0.2) is 0 Å². The predicted octanol–water partition coefficient (Wildman–Crippen LogP) is 10.6. The molecule has 1 fully saturated rings. The summed E-state index contributed by atoms with van der Waals surface area (Å²) in [4.78, 5) is 0. The first-order chi connectivity index (χ1) is 23.1. The van der Waals surface area contributed by atoms with E-state index in [1.807, 2.05) is 18.2 Å². The van der Waals surface area contributed by atoms with Crippen molar-refractivity contribution in [2.45, 2.75) is 89.6 Å². The van der Waals surface area contributed by atoms with Gasteiger partial charge in [-0.2, -0.15) is 13.2 Å². The number of benzene rings is 3. The molecule has 0 radical (unpaired) electrons. The lowest BCUT2D eigenvalue weighted by molar-refractivity contribution is -0.135. The van der Waals surface area contributed by atoms with E-state index < -0.39 is 12.6 Å². The molecule has 4 rings (SSSR count). The molecule has 0 bridgehead atoms. The number of aliphatic hydroxyl groups is 2. The van der Waals surface area contributed by atoms with Crippen LogP contribution in [0.4, 0.5) is 13.2 Å². The van der Waals surface area contributed by atoms with Crippen molar-refractivity contribution in [3.8, 4) is 33.8 Å². The van der Waals surface area contributed by atoms with Gasteiger partial charge in [-0.15, -0.1) is 0 Å². The van der Waals surface area contributed by atoms with E-state index >= 15 is 0 Å². The summed E-state index contributed by atoms with van der Waals surface area (Å²) in [5.74, 6) is 2.40. The lowest BCUT2D eigenvalue weighted by Gasteiger charge is -2.29. The minimum Gasteiger partial charge on any atom is -0.493 e. The number of alkyl halides is 3. The van der Waals surface area contributed by atoms with Crippen LogP contribution in [0, 0.1) is 5.92 Å². The highest BCUT2D eigenvalue weighted by atomic mass is 19.4. The normalized spacial score (nSPS) is 16.5. The highest BCUT2D eigenvalue weighted by molar-refractivity contribution is 5.75. The smallest absolute Gasteiger partial charge is 0.389 e. The molecule has 2 N–H and O–H groups in total. The quantitative estimate of drug-likeness (QED) is 0.105. The second-order valence-electron chi connectivity index (χ2n) is 13.1. The van der Waals surface area contributed by atoms with Crippen LogP contribution < -0.4 is 9.47 Å². The van der Waals surface area contributed by atoms with Crippen molar-refractivity contribution in [3.05, 3.63) is 96.1 Å². The Labute approximate surface area is 284 Å². The Morgan fingerprint density at radius 3 is 1.88 bits per heavy atom. The van der Waals surface area contributed by atoms with Crippen LogP contribution in [0.15, 0.2) is 85.0 Å². The van der Waals surface area contributed by atoms with Gasteiger partial charge in [0.25, 0.3) is 0 Å². The molecule has 260 valence electrons. The van der Waals surface area contributed by atoms with Crippen LogP contribution in [-0.2, 0) is 6.42 Å². The average molecular weight is 665 g/mol. The third kappa shape index (κ3) is 11.6. The Morgan fingerprint density at radius 1 is 0.750 bits per heavy atom. The first-order valence-electron chi connectivity index (χ1n) is 17.3. The highest BCUT2D eigenvalue weighted by Crippen LogP contribution is 2.39. The number of ether oxygens (including phenoxy) is 2. The van der Waals surface area contributed by atoms with E-state index in [0.29, 0.717) is 67.0 Å². The Morgan fingerprint density at radius 2 is 1.33 bits per heavy atom. The molecule has 0 aliphatic heterocycles. The fourth-order valence-corrected chi connectivity index (χ4v) is 6.52. The summed E-state index contributed by atoms with van der Waals surface area (Å²) in [5, 5.41) is 18.6. The zero-order valence-electron chi connectivity index (χ0n) is 28.3. The lowest BCUT2D eigenvalue weighted by Crippen LogP contribution is -2.14. The number of aliphatic hydroxyl groups excluding tert-OH is 2. The second-order valence-corrected chi connectivity index (χ2v) is 13.1. The molecule has 48 heavy (non-hydrogen) atoms. The zero-order chi connectivity index (χ0) is 34.5. The minimum atomic E-state index is -4.04. The summed E-state index contributed by atoms with van der Waals surface area (Å²) in [6.45, 7) is 10.5. The fraction of sp³-hybridized carbons (Fsp3) is 0.463. The van der Waals surface area contributed by atoms with E-state index in [1.165, 1.54) is 11.1 Å². The van der Waals surface area contributed by atoms with Gasteiger partial charge in [0, 0.05) is 25.3 Å².